The molecule has 2 heterocycles. The molecule has 160 valence electrons. The maximum absolute atomic E-state index is 13.6. The van der Waals surface area contributed by atoms with Gasteiger partial charge in [0, 0.05) is 23.9 Å². The zero-order valence-corrected chi connectivity index (χ0v) is 17.3. The monoisotopic (exact) mass is 429 g/mol. The van der Waals surface area contributed by atoms with Gasteiger partial charge < -0.3 is 0 Å². The lowest BCUT2D eigenvalue weighted by atomic mass is 9.77. The molecular weight excluding hydrogens is 408 g/mol. The Hall–Kier alpha value is -3.67. The van der Waals surface area contributed by atoms with Gasteiger partial charge in [-0.15, -0.1) is 0 Å². The molecule has 0 radical (unpaired) electrons. The number of nitrogens with zero attached hydrogens (tertiary/aromatic N) is 3. The number of carbonyl (C=O) groups excluding carboxylic acids is 1. The van der Waals surface area contributed by atoms with E-state index >= 15 is 0 Å². The number of carbonyl (C=O) groups is 1. The van der Waals surface area contributed by atoms with Crippen molar-refractivity contribution in [3.8, 4) is 0 Å². The van der Waals surface area contributed by atoms with E-state index in [0.717, 1.165) is 41.7 Å². The number of allylic oxidation sites excluding steroid dienone is 1. The molecule has 4 nitrogen and oxygen atoms in total. The summed E-state index contributed by atoms with van der Waals surface area (Å²) >= 11 is 0. The van der Waals surface area contributed by atoms with Crippen molar-refractivity contribution in [1.82, 2.24) is 9.99 Å². The normalized spacial score (nSPS) is 21.4. The van der Waals surface area contributed by atoms with Crippen LogP contribution in [0.15, 0.2) is 83.7 Å². The van der Waals surface area contributed by atoms with Crippen LogP contribution in [0.25, 0.3) is 6.08 Å². The highest BCUT2D eigenvalue weighted by atomic mass is 19.1. The lowest BCUT2D eigenvalue weighted by Crippen LogP contribution is -2.31. The molecule has 2 aliphatic rings. The number of benzene rings is 2. The second kappa shape index (κ2) is 8.46. The van der Waals surface area contributed by atoms with E-state index in [1.54, 1.807) is 48.8 Å². The van der Waals surface area contributed by atoms with Crippen LogP contribution in [-0.4, -0.2) is 21.6 Å². The Morgan fingerprint density at radius 1 is 0.938 bits per heavy atom. The van der Waals surface area contributed by atoms with E-state index in [-0.39, 0.29) is 29.5 Å². The largest absolute Gasteiger partial charge is 0.274 e. The number of fused-ring (bicyclic) bond motifs is 1. The van der Waals surface area contributed by atoms with Crippen LogP contribution in [0.2, 0.25) is 0 Å². The summed E-state index contributed by atoms with van der Waals surface area (Å²) in [4.78, 5) is 17.4. The second-order valence-corrected chi connectivity index (χ2v) is 8.09. The summed E-state index contributed by atoms with van der Waals surface area (Å²) in [6, 6.07) is 15.6. The molecule has 5 rings (SSSR count). The van der Waals surface area contributed by atoms with Gasteiger partial charge in [0.05, 0.1) is 11.8 Å². The van der Waals surface area contributed by atoms with E-state index in [4.69, 9.17) is 5.10 Å². The molecule has 0 spiro atoms. The Bertz CT molecular complexity index is 1190. The van der Waals surface area contributed by atoms with E-state index in [2.05, 4.69) is 4.98 Å². The quantitative estimate of drug-likeness (QED) is 0.529. The van der Waals surface area contributed by atoms with Gasteiger partial charge in [-0.05, 0) is 78.4 Å². The van der Waals surface area contributed by atoms with Crippen molar-refractivity contribution in [2.75, 3.05) is 0 Å². The number of hydrogen-bond donors (Lipinski definition) is 0. The summed E-state index contributed by atoms with van der Waals surface area (Å²) < 4.78 is 26.9. The number of hydrazone groups is 1. The van der Waals surface area contributed by atoms with Crippen molar-refractivity contribution >= 4 is 17.7 Å². The first-order valence-corrected chi connectivity index (χ1v) is 10.6. The number of hydrogen-bond acceptors (Lipinski definition) is 3. The van der Waals surface area contributed by atoms with Crippen molar-refractivity contribution in [1.29, 1.82) is 0 Å². The van der Waals surface area contributed by atoms with Crippen LogP contribution in [0.5, 0.6) is 0 Å². The summed E-state index contributed by atoms with van der Waals surface area (Å²) in [7, 11) is 0. The number of aromatic nitrogens is 1. The third-order valence-corrected chi connectivity index (χ3v) is 6.06. The van der Waals surface area contributed by atoms with Gasteiger partial charge in [0.1, 0.15) is 11.6 Å². The number of halogens is 2. The molecule has 2 aromatic carbocycles. The average molecular weight is 429 g/mol. The van der Waals surface area contributed by atoms with Gasteiger partial charge >= 0.3 is 0 Å². The Morgan fingerprint density at radius 3 is 2.28 bits per heavy atom. The summed E-state index contributed by atoms with van der Waals surface area (Å²) in [5.74, 6) is -0.811. The Morgan fingerprint density at radius 2 is 1.59 bits per heavy atom. The smallest absolute Gasteiger partial charge is 0.267 e. The van der Waals surface area contributed by atoms with Crippen molar-refractivity contribution < 1.29 is 13.6 Å². The fraction of sp³-hybridized carbons (Fsp3) is 0.192. The topological polar surface area (TPSA) is 45.6 Å². The number of rotatable bonds is 3. The lowest BCUT2D eigenvalue weighted by Gasteiger charge is -2.29. The number of pyridine rings is 1. The molecule has 32 heavy (non-hydrogen) atoms. The molecule has 1 fully saturated rings. The Balaban J connectivity index is 1.57. The molecule has 0 N–H and O–H groups in total. The zero-order chi connectivity index (χ0) is 22.1. The van der Waals surface area contributed by atoms with Crippen molar-refractivity contribution in [2.24, 2.45) is 11.0 Å². The molecule has 1 aliphatic carbocycles. The zero-order valence-electron chi connectivity index (χ0n) is 17.3. The van der Waals surface area contributed by atoms with E-state index in [9.17, 15) is 13.6 Å². The van der Waals surface area contributed by atoms with E-state index in [1.165, 1.54) is 29.3 Å². The van der Waals surface area contributed by atoms with Crippen LogP contribution < -0.4 is 0 Å². The summed E-state index contributed by atoms with van der Waals surface area (Å²) in [5, 5.41) is 6.34. The highest BCUT2D eigenvalue weighted by Gasteiger charge is 2.43. The molecule has 0 saturated heterocycles. The molecular formula is C26H21F2N3O. The van der Waals surface area contributed by atoms with Crippen LogP contribution in [0.3, 0.4) is 0 Å². The average Bonchev–Trinajstić information content (AvgIpc) is 3.22. The van der Waals surface area contributed by atoms with Crippen molar-refractivity contribution in [2.45, 2.75) is 25.3 Å². The minimum atomic E-state index is -0.319. The van der Waals surface area contributed by atoms with Gasteiger partial charge in [-0.3, -0.25) is 9.78 Å². The maximum atomic E-state index is 13.6. The molecule has 1 aromatic heterocycles. The molecule has 1 saturated carbocycles. The SMILES string of the molecule is O=C(c1ccncc1)N1N=C2C(=Cc3ccc(F)cc3)CCCC2C1c1ccc(F)cc1. The van der Waals surface area contributed by atoms with Gasteiger partial charge in [0.2, 0.25) is 0 Å². The predicted octanol–water partition coefficient (Wildman–Crippen LogP) is 5.80. The van der Waals surface area contributed by atoms with Crippen LogP contribution in [0, 0.1) is 17.6 Å². The first-order valence-electron chi connectivity index (χ1n) is 10.6. The Labute approximate surface area is 184 Å². The fourth-order valence-electron chi connectivity index (χ4n) is 4.55. The maximum Gasteiger partial charge on any atom is 0.274 e. The molecule has 1 aliphatic heterocycles. The molecule has 0 bridgehead atoms. The van der Waals surface area contributed by atoms with Gasteiger partial charge in [0.25, 0.3) is 5.91 Å². The van der Waals surface area contributed by atoms with Crippen LogP contribution in [0.1, 0.15) is 46.8 Å². The van der Waals surface area contributed by atoms with Gasteiger partial charge in [0.15, 0.2) is 0 Å². The van der Waals surface area contributed by atoms with E-state index < -0.39 is 0 Å². The van der Waals surface area contributed by atoms with Crippen LogP contribution in [-0.2, 0) is 0 Å². The minimum absolute atomic E-state index is 0.00620. The summed E-state index contributed by atoms with van der Waals surface area (Å²) in [6.07, 6.45) is 7.84. The molecule has 3 aromatic rings. The first kappa shape index (κ1) is 20.2. The second-order valence-electron chi connectivity index (χ2n) is 8.09. The highest BCUT2D eigenvalue weighted by Crippen LogP contribution is 2.44. The fourth-order valence-corrected chi connectivity index (χ4v) is 4.55. The van der Waals surface area contributed by atoms with Gasteiger partial charge in [-0.1, -0.05) is 24.3 Å². The molecule has 2 unspecified atom stereocenters. The standard InChI is InChI=1S/C26H21F2N3O/c27-21-8-4-17(5-9-21)16-20-2-1-3-23-24(20)30-31(26(32)19-12-14-29-15-13-19)25(23)18-6-10-22(28)11-7-18/h4-16,23,25H,1-3H2. The third-order valence-electron chi connectivity index (χ3n) is 6.06. The Kier molecular flexibility index (Phi) is 5.35. The van der Waals surface area contributed by atoms with Gasteiger partial charge in [-0.2, -0.15) is 5.10 Å². The molecule has 2 atom stereocenters. The van der Waals surface area contributed by atoms with Gasteiger partial charge in [-0.25, -0.2) is 13.8 Å². The predicted molar refractivity (Wildman–Crippen MR) is 119 cm³/mol. The van der Waals surface area contributed by atoms with Crippen LogP contribution in [0.4, 0.5) is 8.78 Å². The van der Waals surface area contributed by atoms with Crippen molar-refractivity contribution in [3.05, 3.63) is 107 Å². The summed E-state index contributed by atoms with van der Waals surface area (Å²) in [5.41, 5.74) is 4.16. The third kappa shape index (κ3) is 3.84. The highest BCUT2D eigenvalue weighted by molar-refractivity contribution is 6.09. The summed E-state index contributed by atoms with van der Waals surface area (Å²) in [6.45, 7) is 0. The van der Waals surface area contributed by atoms with Crippen LogP contribution >= 0.6 is 0 Å². The number of amides is 1. The molecule has 6 heteroatoms. The first-order chi connectivity index (χ1) is 15.6. The van der Waals surface area contributed by atoms with E-state index in [0.29, 0.717) is 5.56 Å². The lowest BCUT2D eigenvalue weighted by molar-refractivity contribution is 0.0680. The van der Waals surface area contributed by atoms with Crippen molar-refractivity contribution in [3.63, 3.8) is 0 Å². The molecule has 1 amide bonds. The minimum Gasteiger partial charge on any atom is -0.267 e. The van der Waals surface area contributed by atoms with E-state index in [1.807, 2.05) is 6.08 Å².